The van der Waals surface area contributed by atoms with Crippen molar-refractivity contribution in [3.8, 4) is 0 Å². The summed E-state index contributed by atoms with van der Waals surface area (Å²) in [6.07, 6.45) is 8.80. The molecule has 0 spiro atoms. The Morgan fingerprint density at radius 3 is 1.95 bits per heavy atom. The summed E-state index contributed by atoms with van der Waals surface area (Å²) < 4.78 is 0. The minimum absolute atomic E-state index is 0. The first-order valence-corrected chi connectivity index (χ1v) is 6.98. The third kappa shape index (κ3) is 12.7. The maximum absolute atomic E-state index is 11.2. The number of unbranched alkanes of at least 4 members (excludes halogenated alkanes) is 3. The third-order valence-corrected chi connectivity index (χ3v) is 2.38. The van der Waals surface area contributed by atoms with Crippen molar-refractivity contribution in [2.24, 2.45) is 0 Å². The standard InChI is InChI=1S/C14H25NO4.Na.H/c1-4-7-8-9-10-11-12-15(18-13(16)5-2)19-14(17)6-3;;/h10-11H,4-9,12H2,1-3H3;;. The molecule has 0 aromatic heterocycles. The Bertz CT molecular complexity index is 277. The summed E-state index contributed by atoms with van der Waals surface area (Å²) in [7, 11) is 0. The Balaban J connectivity index is 0. The van der Waals surface area contributed by atoms with Crippen molar-refractivity contribution in [3.63, 3.8) is 0 Å². The van der Waals surface area contributed by atoms with Crippen molar-refractivity contribution in [1.82, 2.24) is 5.23 Å². The molecule has 112 valence electrons. The average molecular weight is 295 g/mol. The molecule has 0 aliphatic carbocycles. The van der Waals surface area contributed by atoms with Crippen molar-refractivity contribution in [1.29, 1.82) is 0 Å². The van der Waals surface area contributed by atoms with Crippen LogP contribution in [0.3, 0.4) is 0 Å². The van der Waals surface area contributed by atoms with E-state index in [1.807, 2.05) is 12.2 Å². The molecule has 0 aromatic carbocycles. The molecule has 0 rings (SSSR count). The number of carbonyl (C=O) groups is 2. The molecule has 0 amide bonds. The van der Waals surface area contributed by atoms with E-state index < -0.39 is 11.9 Å². The van der Waals surface area contributed by atoms with Crippen LogP contribution in [0.4, 0.5) is 0 Å². The van der Waals surface area contributed by atoms with Gasteiger partial charge in [0.1, 0.15) is 0 Å². The van der Waals surface area contributed by atoms with E-state index in [4.69, 9.17) is 9.68 Å². The van der Waals surface area contributed by atoms with Crippen LogP contribution in [0, 0.1) is 0 Å². The van der Waals surface area contributed by atoms with Crippen LogP contribution >= 0.6 is 0 Å². The summed E-state index contributed by atoms with van der Waals surface area (Å²) in [5, 5.41) is 0.938. The number of hydrogen-bond donors (Lipinski definition) is 0. The molecule has 6 heteroatoms. The fourth-order valence-electron chi connectivity index (χ4n) is 1.24. The quantitative estimate of drug-likeness (QED) is 0.268. The Labute approximate surface area is 143 Å². The molecule has 0 saturated heterocycles. The second kappa shape index (κ2) is 15.0. The number of nitrogens with zero attached hydrogens (tertiary/aromatic N) is 1. The molecule has 0 aliphatic rings. The van der Waals surface area contributed by atoms with Crippen LogP contribution in [-0.2, 0) is 19.3 Å². The normalized spacial score (nSPS) is 10.4. The zero-order chi connectivity index (χ0) is 14.5. The van der Waals surface area contributed by atoms with Gasteiger partial charge in [0.2, 0.25) is 0 Å². The first-order chi connectivity index (χ1) is 9.13. The van der Waals surface area contributed by atoms with Crippen LogP contribution < -0.4 is 0 Å². The summed E-state index contributed by atoms with van der Waals surface area (Å²) in [6, 6.07) is 0. The monoisotopic (exact) mass is 295 g/mol. The van der Waals surface area contributed by atoms with Crippen LogP contribution in [0.25, 0.3) is 0 Å². The van der Waals surface area contributed by atoms with E-state index in [-0.39, 0.29) is 48.9 Å². The fraction of sp³-hybridized carbons (Fsp3) is 0.714. The van der Waals surface area contributed by atoms with Gasteiger partial charge in [0, 0.05) is 18.1 Å². The predicted molar refractivity (Wildman–Crippen MR) is 79.9 cm³/mol. The zero-order valence-electron chi connectivity index (χ0n) is 12.2. The van der Waals surface area contributed by atoms with Gasteiger partial charge in [0.05, 0.1) is 6.54 Å². The van der Waals surface area contributed by atoms with E-state index in [9.17, 15) is 9.59 Å². The number of rotatable bonds is 10. The molecule has 0 atom stereocenters. The van der Waals surface area contributed by atoms with E-state index in [0.29, 0.717) is 0 Å². The Morgan fingerprint density at radius 1 is 0.950 bits per heavy atom. The van der Waals surface area contributed by atoms with E-state index >= 15 is 0 Å². The number of allylic oxidation sites excluding steroid dienone is 1. The Kier molecular flexibility index (Phi) is 16.5. The third-order valence-electron chi connectivity index (χ3n) is 2.38. The van der Waals surface area contributed by atoms with E-state index in [1.165, 1.54) is 12.8 Å². The number of hydrogen-bond acceptors (Lipinski definition) is 5. The summed E-state index contributed by atoms with van der Waals surface area (Å²) >= 11 is 0. The molecule has 0 aromatic rings. The molecule has 0 unspecified atom stereocenters. The Hall–Kier alpha value is -0.360. The van der Waals surface area contributed by atoms with Crippen LogP contribution in [0.1, 0.15) is 59.3 Å². The van der Waals surface area contributed by atoms with Gasteiger partial charge in [-0.25, -0.2) is 0 Å². The molecule has 0 aliphatic heterocycles. The van der Waals surface area contributed by atoms with E-state index in [0.717, 1.165) is 18.1 Å². The first kappa shape index (κ1) is 21.9. The Morgan fingerprint density at radius 2 is 1.50 bits per heavy atom. The molecule has 0 saturated carbocycles. The molecule has 0 radical (unpaired) electrons. The maximum atomic E-state index is 11.2. The molecular weight excluding hydrogens is 269 g/mol. The van der Waals surface area contributed by atoms with Gasteiger partial charge in [0.15, 0.2) is 0 Å². The minimum atomic E-state index is -0.428. The summed E-state index contributed by atoms with van der Waals surface area (Å²) in [4.78, 5) is 32.2. The molecule has 0 N–H and O–H groups in total. The zero-order valence-corrected chi connectivity index (χ0v) is 12.2. The molecule has 20 heavy (non-hydrogen) atoms. The van der Waals surface area contributed by atoms with Crippen LogP contribution in [-0.4, -0.2) is 53.3 Å². The van der Waals surface area contributed by atoms with Crippen LogP contribution in [0.15, 0.2) is 12.2 Å². The molecular formula is C14H26NNaO4. The second-order valence-electron chi connectivity index (χ2n) is 4.12. The summed E-state index contributed by atoms with van der Waals surface area (Å²) in [5.41, 5.74) is 0. The van der Waals surface area contributed by atoms with Gasteiger partial charge in [0.25, 0.3) is 0 Å². The van der Waals surface area contributed by atoms with E-state index in [2.05, 4.69) is 6.92 Å². The van der Waals surface area contributed by atoms with Crippen molar-refractivity contribution in [2.45, 2.75) is 59.3 Å². The molecule has 0 heterocycles. The molecule has 5 nitrogen and oxygen atoms in total. The second-order valence-corrected chi connectivity index (χ2v) is 4.12. The van der Waals surface area contributed by atoms with Gasteiger partial charge in [-0.3, -0.25) is 9.59 Å². The SMILES string of the molecule is CCCCCC=CCN(OC(=O)CC)OC(=O)CC.[NaH]. The molecule has 0 fully saturated rings. The summed E-state index contributed by atoms with van der Waals surface area (Å²) in [6.45, 7) is 5.77. The van der Waals surface area contributed by atoms with Crippen molar-refractivity contribution in [2.75, 3.05) is 6.54 Å². The van der Waals surface area contributed by atoms with Crippen molar-refractivity contribution >= 4 is 41.5 Å². The number of carbonyl (C=O) groups excluding carboxylic acids is 2. The average Bonchev–Trinajstić information content (AvgIpc) is 2.41. The van der Waals surface area contributed by atoms with Gasteiger partial charge < -0.3 is 9.68 Å². The van der Waals surface area contributed by atoms with Crippen molar-refractivity contribution in [3.05, 3.63) is 12.2 Å². The van der Waals surface area contributed by atoms with Crippen LogP contribution in [0.2, 0.25) is 0 Å². The molecule has 0 bridgehead atoms. The van der Waals surface area contributed by atoms with Gasteiger partial charge in [-0.1, -0.05) is 45.8 Å². The first-order valence-electron chi connectivity index (χ1n) is 6.98. The van der Waals surface area contributed by atoms with Gasteiger partial charge >= 0.3 is 41.5 Å². The van der Waals surface area contributed by atoms with Gasteiger partial charge in [-0.05, 0) is 12.8 Å². The number of hydroxylamine groups is 2. The topological polar surface area (TPSA) is 55.8 Å². The van der Waals surface area contributed by atoms with E-state index in [1.54, 1.807) is 13.8 Å². The van der Waals surface area contributed by atoms with Crippen LogP contribution in [0.5, 0.6) is 0 Å². The predicted octanol–water partition coefficient (Wildman–Crippen LogP) is 2.51. The summed E-state index contributed by atoms with van der Waals surface area (Å²) in [5.74, 6) is -0.855. The van der Waals surface area contributed by atoms with Crippen molar-refractivity contribution < 1.29 is 19.3 Å². The fourth-order valence-corrected chi connectivity index (χ4v) is 1.24. The van der Waals surface area contributed by atoms with Gasteiger partial charge in [-0.15, -0.1) is 0 Å². The van der Waals surface area contributed by atoms with Gasteiger partial charge in [-0.2, -0.15) is 0 Å².